The van der Waals surface area contributed by atoms with Gasteiger partial charge in [-0.3, -0.25) is 9.56 Å². The quantitative estimate of drug-likeness (QED) is 0.781. The maximum Gasteiger partial charge on any atom is 0.160 e. The molecule has 4 nitrogen and oxygen atoms in total. The lowest BCUT2D eigenvalue weighted by Crippen LogP contribution is -2.07. The predicted molar refractivity (Wildman–Crippen MR) is 99.2 cm³/mol. The summed E-state index contributed by atoms with van der Waals surface area (Å²) in [6, 6.07) is 0. The summed E-state index contributed by atoms with van der Waals surface area (Å²) in [5, 5.41) is 9.77. The second kappa shape index (κ2) is 5.67. The Hall–Kier alpha value is -2.27. The van der Waals surface area contributed by atoms with E-state index in [1.54, 1.807) is 11.3 Å². The molecule has 1 aliphatic carbocycles. The largest absolute Gasteiger partial charge is 0.276 e. The van der Waals surface area contributed by atoms with Crippen molar-refractivity contribution in [2.24, 2.45) is 10.9 Å². The lowest BCUT2D eigenvalue weighted by Gasteiger charge is -2.09. The molecule has 122 valence electrons. The van der Waals surface area contributed by atoms with Crippen LogP contribution in [0.25, 0.3) is 5.00 Å². The summed E-state index contributed by atoms with van der Waals surface area (Å²) < 4.78 is 2.16. The van der Waals surface area contributed by atoms with E-state index in [1.165, 1.54) is 21.0 Å². The third-order valence-electron chi connectivity index (χ3n) is 4.62. The van der Waals surface area contributed by atoms with Gasteiger partial charge in [0.25, 0.3) is 0 Å². The van der Waals surface area contributed by atoms with Gasteiger partial charge in [0.1, 0.15) is 17.4 Å². The van der Waals surface area contributed by atoms with E-state index in [0.29, 0.717) is 12.5 Å². The van der Waals surface area contributed by atoms with Crippen LogP contribution in [-0.4, -0.2) is 20.5 Å². The van der Waals surface area contributed by atoms with Crippen LogP contribution >= 0.6 is 11.3 Å². The molecule has 0 N–H and O–H groups in total. The zero-order valence-corrected chi connectivity index (χ0v) is 15.2. The summed E-state index contributed by atoms with van der Waals surface area (Å²) in [4.78, 5) is 6.25. The monoisotopic (exact) mass is 336 g/mol. The molecule has 0 aromatic carbocycles. The van der Waals surface area contributed by atoms with Crippen molar-refractivity contribution in [3.05, 3.63) is 63.6 Å². The van der Waals surface area contributed by atoms with Crippen molar-refractivity contribution in [3.8, 4) is 5.00 Å². The summed E-state index contributed by atoms with van der Waals surface area (Å²) in [6.07, 6.45) is 10.9. The van der Waals surface area contributed by atoms with Crippen LogP contribution in [0, 0.1) is 26.7 Å². The molecule has 0 amide bonds. The van der Waals surface area contributed by atoms with Crippen molar-refractivity contribution < 1.29 is 0 Å². The Morgan fingerprint density at radius 2 is 2.00 bits per heavy atom. The number of hydrogen-bond donors (Lipinski definition) is 0. The van der Waals surface area contributed by atoms with Gasteiger partial charge >= 0.3 is 0 Å². The SMILES string of the molecule is Cc1sc2c(c1C)C(C1=CC=CC(C)C=C1)=NCc1nnc(C)n1-2. The Morgan fingerprint density at radius 3 is 2.83 bits per heavy atom. The first-order valence-electron chi connectivity index (χ1n) is 8.19. The predicted octanol–water partition coefficient (Wildman–Crippen LogP) is 4.25. The number of allylic oxidation sites excluding steroid dienone is 6. The van der Waals surface area contributed by atoms with Crippen molar-refractivity contribution in [2.45, 2.75) is 34.2 Å². The fraction of sp³-hybridized carbons (Fsp3) is 0.316. The third-order valence-corrected chi connectivity index (χ3v) is 5.81. The van der Waals surface area contributed by atoms with Crippen LogP contribution in [0.15, 0.2) is 40.9 Å². The number of aryl methyl sites for hydroxylation is 2. The number of fused-ring (bicyclic) bond motifs is 3. The number of rotatable bonds is 1. The minimum atomic E-state index is 0.441. The second-order valence-electron chi connectivity index (χ2n) is 6.35. The third kappa shape index (κ3) is 2.31. The van der Waals surface area contributed by atoms with Crippen molar-refractivity contribution in [1.29, 1.82) is 0 Å². The topological polar surface area (TPSA) is 43.1 Å². The van der Waals surface area contributed by atoms with Crippen LogP contribution in [0.3, 0.4) is 0 Å². The minimum absolute atomic E-state index is 0.441. The molecular formula is C19H20N4S. The summed E-state index contributed by atoms with van der Waals surface area (Å²) >= 11 is 1.80. The molecule has 5 heteroatoms. The van der Waals surface area contributed by atoms with Crippen LogP contribution in [0.5, 0.6) is 0 Å². The molecule has 4 rings (SSSR count). The molecular weight excluding hydrogens is 316 g/mol. The normalized spacial score (nSPS) is 19.2. The highest BCUT2D eigenvalue weighted by Gasteiger charge is 2.26. The smallest absolute Gasteiger partial charge is 0.160 e. The number of aliphatic imine (C=N–C) groups is 1. The molecule has 1 atom stereocenters. The molecule has 1 aliphatic heterocycles. The average molecular weight is 336 g/mol. The Kier molecular flexibility index (Phi) is 3.61. The molecule has 2 aromatic rings. The highest BCUT2D eigenvalue weighted by molar-refractivity contribution is 7.15. The maximum absolute atomic E-state index is 4.93. The molecule has 1 unspecified atom stereocenters. The van der Waals surface area contributed by atoms with E-state index in [4.69, 9.17) is 4.99 Å². The summed E-state index contributed by atoms with van der Waals surface area (Å²) in [6.45, 7) is 9.11. The van der Waals surface area contributed by atoms with E-state index in [-0.39, 0.29) is 0 Å². The first-order chi connectivity index (χ1) is 11.6. The molecule has 24 heavy (non-hydrogen) atoms. The van der Waals surface area contributed by atoms with Crippen molar-refractivity contribution in [1.82, 2.24) is 14.8 Å². The highest BCUT2D eigenvalue weighted by Crippen LogP contribution is 2.36. The molecule has 3 heterocycles. The lowest BCUT2D eigenvalue weighted by atomic mass is 9.99. The van der Waals surface area contributed by atoms with Crippen LogP contribution in [0.2, 0.25) is 0 Å². The zero-order valence-electron chi connectivity index (χ0n) is 14.4. The Labute approximate surface area is 146 Å². The zero-order chi connectivity index (χ0) is 16.8. The van der Waals surface area contributed by atoms with Crippen LogP contribution < -0.4 is 0 Å². The second-order valence-corrected chi connectivity index (χ2v) is 7.56. The van der Waals surface area contributed by atoms with Crippen molar-refractivity contribution in [3.63, 3.8) is 0 Å². The van der Waals surface area contributed by atoms with Crippen LogP contribution in [0.1, 0.15) is 34.6 Å². The van der Waals surface area contributed by atoms with E-state index < -0.39 is 0 Å². The summed E-state index contributed by atoms with van der Waals surface area (Å²) in [7, 11) is 0. The van der Waals surface area contributed by atoms with Gasteiger partial charge in [-0.2, -0.15) is 0 Å². The van der Waals surface area contributed by atoms with E-state index in [2.05, 4.69) is 65.9 Å². The standard InChI is InChI=1S/C19H20N4S/c1-11-6-5-7-15(9-8-11)18-17-12(2)13(3)24-19(17)23-14(4)21-22-16(23)10-20-18/h5-9,11H,10H2,1-4H3. The van der Waals surface area contributed by atoms with Crippen molar-refractivity contribution >= 4 is 17.0 Å². The number of nitrogens with zero attached hydrogens (tertiary/aromatic N) is 4. The minimum Gasteiger partial charge on any atom is -0.276 e. The lowest BCUT2D eigenvalue weighted by molar-refractivity contribution is 0.869. The van der Waals surface area contributed by atoms with Gasteiger partial charge in [-0.15, -0.1) is 21.5 Å². The molecule has 0 bridgehead atoms. The molecule has 0 spiro atoms. The molecule has 2 aliphatic rings. The van der Waals surface area contributed by atoms with E-state index in [0.717, 1.165) is 22.9 Å². The van der Waals surface area contributed by atoms with Gasteiger partial charge < -0.3 is 0 Å². The van der Waals surface area contributed by atoms with E-state index in [1.807, 2.05) is 6.92 Å². The number of aromatic nitrogens is 3. The molecule has 0 saturated heterocycles. The van der Waals surface area contributed by atoms with Gasteiger partial charge in [-0.05, 0) is 32.3 Å². The van der Waals surface area contributed by atoms with Crippen LogP contribution in [0.4, 0.5) is 0 Å². The van der Waals surface area contributed by atoms with Gasteiger partial charge in [0.15, 0.2) is 5.82 Å². The summed E-state index contributed by atoms with van der Waals surface area (Å²) in [5.74, 6) is 2.27. The van der Waals surface area contributed by atoms with Gasteiger partial charge in [0.05, 0.1) is 5.71 Å². The molecule has 0 radical (unpaired) electrons. The first-order valence-corrected chi connectivity index (χ1v) is 9.01. The number of thiophene rings is 1. The Balaban J connectivity index is 1.95. The highest BCUT2D eigenvalue weighted by atomic mass is 32.1. The summed E-state index contributed by atoms with van der Waals surface area (Å²) in [5.41, 5.74) is 4.74. The molecule has 0 saturated carbocycles. The Bertz CT molecular complexity index is 937. The first kappa shape index (κ1) is 15.3. The van der Waals surface area contributed by atoms with Gasteiger partial charge in [0, 0.05) is 16.0 Å². The van der Waals surface area contributed by atoms with Crippen molar-refractivity contribution in [2.75, 3.05) is 0 Å². The molecule has 0 fully saturated rings. The van der Waals surface area contributed by atoms with E-state index >= 15 is 0 Å². The fourth-order valence-electron chi connectivity index (χ4n) is 3.15. The fourth-order valence-corrected chi connectivity index (χ4v) is 4.38. The van der Waals surface area contributed by atoms with Gasteiger partial charge in [0.2, 0.25) is 0 Å². The number of hydrogen-bond acceptors (Lipinski definition) is 4. The Morgan fingerprint density at radius 1 is 1.17 bits per heavy atom. The average Bonchev–Trinajstić information content (AvgIpc) is 2.88. The molecule has 2 aromatic heterocycles. The van der Waals surface area contributed by atoms with Gasteiger partial charge in [-0.25, -0.2) is 0 Å². The van der Waals surface area contributed by atoms with E-state index in [9.17, 15) is 0 Å². The maximum atomic E-state index is 4.93. The van der Waals surface area contributed by atoms with Crippen LogP contribution in [-0.2, 0) is 6.54 Å². The van der Waals surface area contributed by atoms with Gasteiger partial charge in [-0.1, -0.05) is 37.3 Å².